The molecule has 0 N–H and O–H groups in total. The Bertz CT molecular complexity index is 507. The van der Waals surface area contributed by atoms with Gasteiger partial charge in [-0.3, -0.25) is 0 Å². The summed E-state index contributed by atoms with van der Waals surface area (Å²) in [5.74, 6) is 0. The monoisotopic (exact) mass is 378 g/mol. The van der Waals surface area contributed by atoms with Crippen LogP contribution in [0.4, 0.5) is 0 Å². The Hall–Kier alpha value is 0.170. The molecule has 1 heterocycles. The molecule has 1 unspecified atom stereocenters. The smallest absolute Gasteiger partial charge is 0.0763 e. The van der Waals surface area contributed by atoms with Crippen LogP contribution in [0.5, 0.6) is 0 Å². The van der Waals surface area contributed by atoms with Crippen molar-refractivity contribution in [1.29, 1.82) is 0 Å². The minimum absolute atomic E-state index is 0.147. The van der Waals surface area contributed by atoms with Crippen LogP contribution in [0.3, 0.4) is 0 Å². The van der Waals surface area contributed by atoms with Gasteiger partial charge < -0.3 is 0 Å². The Labute approximate surface area is 121 Å². The molecule has 0 amide bonds. The zero-order valence-corrected chi connectivity index (χ0v) is 13.3. The normalized spacial score (nSPS) is 12.8. The van der Waals surface area contributed by atoms with E-state index in [1.807, 2.05) is 11.4 Å². The van der Waals surface area contributed by atoms with Crippen molar-refractivity contribution in [3.63, 3.8) is 0 Å². The third kappa shape index (κ3) is 2.53. The number of benzene rings is 1. The van der Waals surface area contributed by atoms with Crippen LogP contribution in [0.15, 0.2) is 34.1 Å². The van der Waals surface area contributed by atoms with E-state index >= 15 is 0 Å². The Morgan fingerprint density at radius 1 is 1.31 bits per heavy atom. The van der Waals surface area contributed by atoms with Crippen LogP contribution in [-0.2, 0) is 0 Å². The van der Waals surface area contributed by atoms with Gasteiger partial charge in [-0.15, -0.1) is 11.3 Å². The lowest BCUT2D eigenvalue weighted by Gasteiger charge is -2.12. The molecule has 0 saturated carbocycles. The third-order valence-electron chi connectivity index (χ3n) is 2.30. The molecule has 84 valence electrons. The van der Waals surface area contributed by atoms with Gasteiger partial charge in [0.25, 0.3) is 0 Å². The molecule has 2 rings (SSSR count). The molecule has 0 aliphatic carbocycles. The lowest BCUT2D eigenvalue weighted by molar-refractivity contribution is 1.19. The summed E-state index contributed by atoms with van der Waals surface area (Å²) in [6.07, 6.45) is 0. The fourth-order valence-corrected chi connectivity index (χ4v) is 4.51. The molecule has 2 aromatic rings. The van der Waals surface area contributed by atoms with E-state index in [2.05, 4.69) is 57.0 Å². The molecule has 1 aromatic heterocycles. The Morgan fingerprint density at radius 3 is 2.69 bits per heavy atom. The molecule has 0 nitrogen and oxygen atoms in total. The van der Waals surface area contributed by atoms with Gasteiger partial charge in [-0.1, -0.05) is 61.2 Å². The number of aryl methyl sites for hydroxylation is 1. The van der Waals surface area contributed by atoms with Crippen LogP contribution in [-0.4, -0.2) is 0 Å². The number of hydrogen-bond acceptors (Lipinski definition) is 1. The second-order valence-corrected chi connectivity index (χ2v) is 6.65. The van der Waals surface area contributed by atoms with Crippen LogP contribution in [0.25, 0.3) is 0 Å². The van der Waals surface area contributed by atoms with Gasteiger partial charge in [-0.05, 0) is 30.0 Å². The van der Waals surface area contributed by atoms with E-state index < -0.39 is 0 Å². The van der Waals surface area contributed by atoms with E-state index in [-0.39, 0.29) is 4.83 Å². The highest BCUT2D eigenvalue weighted by atomic mass is 79.9. The van der Waals surface area contributed by atoms with Crippen LogP contribution in [0.2, 0.25) is 5.02 Å². The number of alkyl halides is 1. The van der Waals surface area contributed by atoms with Gasteiger partial charge >= 0.3 is 0 Å². The summed E-state index contributed by atoms with van der Waals surface area (Å²) < 4.78 is 1.10. The van der Waals surface area contributed by atoms with Gasteiger partial charge in [0, 0.05) is 9.35 Å². The maximum Gasteiger partial charge on any atom is 0.0763 e. The van der Waals surface area contributed by atoms with Crippen molar-refractivity contribution >= 4 is 54.8 Å². The first-order chi connectivity index (χ1) is 7.59. The van der Waals surface area contributed by atoms with Crippen molar-refractivity contribution in [2.24, 2.45) is 0 Å². The quantitative estimate of drug-likeness (QED) is 0.564. The van der Waals surface area contributed by atoms with E-state index in [9.17, 15) is 0 Å². The summed E-state index contributed by atoms with van der Waals surface area (Å²) in [5.41, 5.74) is 2.46. The fourth-order valence-electron chi connectivity index (χ4n) is 1.48. The molecule has 0 radical (unpaired) electrons. The molecule has 0 saturated heterocycles. The Kier molecular flexibility index (Phi) is 4.11. The summed E-state index contributed by atoms with van der Waals surface area (Å²) >= 11 is 15.1. The fraction of sp³-hybridized carbons (Fsp3) is 0.167. The van der Waals surface area contributed by atoms with Gasteiger partial charge in [0.1, 0.15) is 0 Å². The van der Waals surface area contributed by atoms with E-state index in [4.69, 9.17) is 11.6 Å². The molecule has 1 atom stereocenters. The number of halogens is 3. The minimum atomic E-state index is 0.147. The Morgan fingerprint density at radius 2 is 2.06 bits per heavy atom. The second kappa shape index (κ2) is 5.21. The molecule has 0 bridgehead atoms. The molecule has 0 spiro atoms. The standard InChI is InChI=1S/C12H9Br2ClS/c1-7-2-3-9(13)8(6-7)11(14)12-10(15)4-5-16-12/h2-6,11H,1H3. The van der Waals surface area contributed by atoms with Crippen LogP contribution >= 0.6 is 54.8 Å². The topological polar surface area (TPSA) is 0 Å². The zero-order valence-electron chi connectivity index (χ0n) is 8.51. The van der Waals surface area contributed by atoms with E-state index in [0.717, 1.165) is 14.4 Å². The average molecular weight is 381 g/mol. The largest absolute Gasteiger partial charge is 0.146 e. The van der Waals surface area contributed by atoms with Crippen LogP contribution < -0.4 is 0 Å². The highest BCUT2D eigenvalue weighted by Crippen LogP contribution is 2.41. The average Bonchev–Trinajstić information content (AvgIpc) is 2.67. The van der Waals surface area contributed by atoms with Gasteiger partial charge in [0.2, 0.25) is 0 Å². The second-order valence-electron chi connectivity index (χ2n) is 3.52. The van der Waals surface area contributed by atoms with Crippen molar-refractivity contribution in [3.8, 4) is 0 Å². The minimum Gasteiger partial charge on any atom is -0.146 e. The molecule has 1 aromatic carbocycles. The molecule has 0 fully saturated rings. The molecule has 0 aliphatic rings. The van der Waals surface area contributed by atoms with Gasteiger partial charge in [-0.2, -0.15) is 0 Å². The number of hydrogen-bond donors (Lipinski definition) is 0. The van der Waals surface area contributed by atoms with E-state index in [1.54, 1.807) is 11.3 Å². The van der Waals surface area contributed by atoms with Crippen molar-refractivity contribution < 1.29 is 0 Å². The van der Waals surface area contributed by atoms with Crippen molar-refractivity contribution in [2.45, 2.75) is 11.8 Å². The van der Waals surface area contributed by atoms with Crippen molar-refractivity contribution in [2.75, 3.05) is 0 Å². The third-order valence-corrected chi connectivity index (χ3v) is 5.70. The first-order valence-corrected chi connectivity index (χ1v) is 7.69. The van der Waals surface area contributed by atoms with E-state index in [1.165, 1.54) is 11.1 Å². The summed E-state index contributed by atoms with van der Waals surface area (Å²) in [4.78, 5) is 1.29. The van der Waals surface area contributed by atoms with Gasteiger partial charge in [-0.25, -0.2) is 0 Å². The summed E-state index contributed by atoms with van der Waals surface area (Å²) in [7, 11) is 0. The Balaban J connectivity index is 2.45. The summed E-state index contributed by atoms with van der Waals surface area (Å²) in [6, 6.07) is 8.25. The highest BCUT2D eigenvalue weighted by molar-refractivity contribution is 9.11. The predicted molar refractivity (Wildman–Crippen MR) is 79.0 cm³/mol. The van der Waals surface area contributed by atoms with Crippen LogP contribution in [0.1, 0.15) is 20.8 Å². The highest BCUT2D eigenvalue weighted by Gasteiger charge is 2.17. The van der Waals surface area contributed by atoms with E-state index in [0.29, 0.717) is 0 Å². The molecular formula is C12H9Br2ClS. The number of thiophene rings is 1. The lowest BCUT2D eigenvalue weighted by atomic mass is 10.1. The predicted octanol–water partition coefficient (Wildman–Crippen LogP) is 5.96. The van der Waals surface area contributed by atoms with Gasteiger partial charge in [0.15, 0.2) is 0 Å². The van der Waals surface area contributed by atoms with Crippen molar-refractivity contribution in [3.05, 3.63) is 55.1 Å². The maximum atomic E-state index is 6.14. The summed E-state index contributed by atoms with van der Waals surface area (Å²) in [6.45, 7) is 2.09. The van der Waals surface area contributed by atoms with Gasteiger partial charge in [0.05, 0.1) is 9.85 Å². The first kappa shape index (κ1) is 12.6. The number of rotatable bonds is 2. The SMILES string of the molecule is Cc1ccc(Br)c(C(Br)c2sccc2Cl)c1. The lowest BCUT2D eigenvalue weighted by Crippen LogP contribution is -1.92. The van der Waals surface area contributed by atoms with Crippen molar-refractivity contribution in [1.82, 2.24) is 0 Å². The maximum absolute atomic E-state index is 6.14. The first-order valence-electron chi connectivity index (χ1n) is 4.72. The molecular weight excluding hydrogens is 371 g/mol. The summed E-state index contributed by atoms with van der Waals surface area (Å²) in [5, 5.41) is 2.83. The van der Waals surface area contributed by atoms with Crippen LogP contribution in [0, 0.1) is 6.92 Å². The molecule has 16 heavy (non-hydrogen) atoms. The molecule has 0 aliphatic heterocycles. The zero-order chi connectivity index (χ0) is 11.7. The molecule has 4 heteroatoms.